The number of carbonyl (C=O) groups is 2. The van der Waals surface area contributed by atoms with Gasteiger partial charge in [-0.1, -0.05) is 12.1 Å². The molecule has 0 N–H and O–H groups in total. The lowest BCUT2D eigenvalue weighted by Crippen LogP contribution is -2.48. The first-order valence-corrected chi connectivity index (χ1v) is 7.42. The van der Waals surface area contributed by atoms with E-state index in [1.807, 2.05) is 0 Å². The van der Waals surface area contributed by atoms with Gasteiger partial charge in [0.1, 0.15) is 0 Å². The van der Waals surface area contributed by atoms with Crippen molar-refractivity contribution in [3.8, 4) is 6.07 Å². The molecule has 1 aromatic carbocycles. The monoisotopic (exact) mass is 297 g/mol. The lowest BCUT2D eigenvalue weighted by atomic mass is 10.0. The summed E-state index contributed by atoms with van der Waals surface area (Å²) < 4.78 is 5.88. The third kappa shape index (κ3) is 1.57. The first-order chi connectivity index (χ1) is 10.7. The van der Waals surface area contributed by atoms with Crippen molar-refractivity contribution in [2.75, 3.05) is 19.7 Å². The number of carbonyl (C=O) groups excluding carboxylic acids is 2. The fraction of sp³-hybridized carbons (Fsp3) is 0.438. The Morgan fingerprint density at radius 3 is 3.00 bits per heavy atom. The summed E-state index contributed by atoms with van der Waals surface area (Å²) in [5.41, 5.74) is 0.127. The van der Waals surface area contributed by atoms with Crippen LogP contribution in [0.3, 0.4) is 0 Å². The van der Waals surface area contributed by atoms with Crippen molar-refractivity contribution in [1.29, 1.82) is 5.26 Å². The van der Waals surface area contributed by atoms with Gasteiger partial charge in [0.25, 0.3) is 5.91 Å². The maximum Gasteiger partial charge on any atom is 0.255 e. The molecule has 1 spiro atoms. The minimum Gasteiger partial charge on any atom is -0.351 e. The van der Waals surface area contributed by atoms with Gasteiger partial charge in [-0.15, -0.1) is 0 Å². The van der Waals surface area contributed by atoms with Gasteiger partial charge in [-0.2, -0.15) is 5.26 Å². The minimum atomic E-state index is -0.631. The van der Waals surface area contributed by atoms with E-state index < -0.39 is 5.72 Å². The van der Waals surface area contributed by atoms with E-state index in [0.717, 1.165) is 0 Å². The van der Waals surface area contributed by atoms with E-state index in [2.05, 4.69) is 6.07 Å². The maximum atomic E-state index is 12.9. The number of nitrogens with zero attached hydrogens (tertiary/aromatic N) is 3. The highest BCUT2D eigenvalue weighted by molar-refractivity contribution is 5.98. The summed E-state index contributed by atoms with van der Waals surface area (Å²) in [6, 6.07) is 8.59. The van der Waals surface area contributed by atoms with Crippen molar-refractivity contribution in [2.45, 2.75) is 24.6 Å². The summed E-state index contributed by atoms with van der Waals surface area (Å²) in [6.45, 7) is 1.68. The molecule has 2 amide bonds. The molecule has 4 rings (SSSR count). The van der Waals surface area contributed by atoms with Crippen LogP contribution >= 0.6 is 0 Å². The number of benzene rings is 1. The predicted molar refractivity (Wildman–Crippen MR) is 75.6 cm³/mol. The molecule has 0 radical (unpaired) electrons. The predicted octanol–water partition coefficient (Wildman–Crippen LogP) is 0.732. The highest BCUT2D eigenvalue weighted by Gasteiger charge is 2.62. The van der Waals surface area contributed by atoms with Crippen LogP contribution in [-0.4, -0.2) is 53.1 Å². The smallest absolute Gasteiger partial charge is 0.255 e. The van der Waals surface area contributed by atoms with Crippen LogP contribution in [0.4, 0.5) is 0 Å². The number of hydrogen-bond donors (Lipinski definition) is 0. The van der Waals surface area contributed by atoms with Gasteiger partial charge in [-0.3, -0.25) is 9.59 Å². The number of likely N-dealkylation sites (tertiary alicyclic amines) is 1. The van der Waals surface area contributed by atoms with Gasteiger partial charge in [0.15, 0.2) is 5.72 Å². The van der Waals surface area contributed by atoms with E-state index in [9.17, 15) is 14.9 Å². The lowest BCUT2D eigenvalue weighted by molar-refractivity contribution is -0.136. The average Bonchev–Trinajstić information content (AvgIpc) is 3.18. The van der Waals surface area contributed by atoms with Gasteiger partial charge in [0.05, 0.1) is 36.3 Å². The molecule has 2 atom stereocenters. The van der Waals surface area contributed by atoms with Crippen molar-refractivity contribution in [3.63, 3.8) is 0 Å². The molecule has 3 aliphatic rings. The fourth-order valence-electron chi connectivity index (χ4n) is 3.96. The highest BCUT2D eigenvalue weighted by Crippen LogP contribution is 2.45. The first kappa shape index (κ1) is 13.3. The summed E-state index contributed by atoms with van der Waals surface area (Å²) in [5, 5.41) is 9.18. The molecular weight excluding hydrogens is 282 g/mol. The minimum absolute atomic E-state index is 0.0496. The third-order valence-corrected chi connectivity index (χ3v) is 4.94. The second-order valence-corrected chi connectivity index (χ2v) is 5.86. The average molecular weight is 297 g/mol. The Balaban J connectivity index is 1.69. The molecule has 0 bridgehead atoms. The molecule has 3 aliphatic heterocycles. The van der Waals surface area contributed by atoms with Crippen LogP contribution in [0.25, 0.3) is 0 Å². The number of amides is 2. The van der Waals surface area contributed by atoms with E-state index >= 15 is 0 Å². The normalized spacial score (nSPS) is 29.4. The zero-order valence-corrected chi connectivity index (χ0v) is 12.0. The molecular formula is C16H15N3O3. The van der Waals surface area contributed by atoms with Crippen LogP contribution in [-0.2, 0) is 9.53 Å². The van der Waals surface area contributed by atoms with Crippen molar-refractivity contribution >= 4 is 11.8 Å². The Morgan fingerprint density at radius 2 is 2.18 bits per heavy atom. The van der Waals surface area contributed by atoms with E-state index in [1.165, 1.54) is 0 Å². The molecule has 6 heteroatoms. The van der Waals surface area contributed by atoms with Gasteiger partial charge in [0, 0.05) is 19.5 Å². The van der Waals surface area contributed by atoms with Crippen LogP contribution in [0.5, 0.6) is 0 Å². The number of hydrogen-bond acceptors (Lipinski definition) is 4. The van der Waals surface area contributed by atoms with Crippen LogP contribution < -0.4 is 0 Å². The van der Waals surface area contributed by atoms with E-state index in [-0.39, 0.29) is 17.9 Å². The van der Waals surface area contributed by atoms with Crippen molar-refractivity contribution < 1.29 is 14.3 Å². The van der Waals surface area contributed by atoms with Crippen LogP contribution in [0.15, 0.2) is 24.3 Å². The van der Waals surface area contributed by atoms with Crippen LogP contribution in [0.2, 0.25) is 0 Å². The molecule has 112 valence electrons. The Labute approximate surface area is 127 Å². The summed E-state index contributed by atoms with van der Waals surface area (Å²) in [6.07, 6.45) is 0.949. The zero-order valence-electron chi connectivity index (χ0n) is 12.0. The molecule has 3 saturated heterocycles. The molecule has 0 aromatic heterocycles. The van der Waals surface area contributed by atoms with E-state index in [1.54, 1.807) is 34.1 Å². The molecule has 3 heterocycles. The standard InChI is InChI=1S/C16H15N3O3/c17-10-11-3-1-2-4-12(11)15(21)18-6-5-16-13(18)9-14(20)19(16)7-8-22-16/h1-4,13H,5-9H2/t13-,16+/m1/s1. The topological polar surface area (TPSA) is 73.6 Å². The molecule has 0 unspecified atom stereocenters. The van der Waals surface area contributed by atoms with Crippen molar-refractivity contribution in [2.24, 2.45) is 0 Å². The van der Waals surface area contributed by atoms with Crippen molar-refractivity contribution in [1.82, 2.24) is 9.80 Å². The second-order valence-electron chi connectivity index (χ2n) is 5.86. The van der Waals surface area contributed by atoms with Gasteiger partial charge in [-0.25, -0.2) is 0 Å². The Kier molecular flexibility index (Phi) is 2.75. The zero-order chi connectivity index (χ0) is 15.3. The molecule has 6 nitrogen and oxygen atoms in total. The second kappa shape index (κ2) is 4.55. The Hall–Kier alpha value is -2.39. The van der Waals surface area contributed by atoms with Gasteiger partial charge >= 0.3 is 0 Å². The van der Waals surface area contributed by atoms with Gasteiger partial charge in [0.2, 0.25) is 5.91 Å². The number of nitriles is 1. The number of rotatable bonds is 1. The summed E-state index contributed by atoms with van der Waals surface area (Å²) in [4.78, 5) is 28.5. The van der Waals surface area contributed by atoms with Crippen molar-refractivity contribution in [3.05, 3.63) is 35.4 Å². The Morgan fingerprint density at radius 1 is 1.36 bits per heavy atom. The SMILES string of the molecule is N#Cc1ccccc1C(=O)N1CC[C@@]23OCCN2C(=O)C[C@@H]13. The van der Waals surface area contributed by atoms with Gasteiger partial charge < -0.3 is 14.5 Å². The summed E-state index contributed by atoms with van der Waals surface area (Å²) in [5.74, 6) is -0.141. The summed E-state index contributed by atoms with van der Waals surface area (Å²) in [7, 11) is 0. The highest BCUT2D eigenvalue weighted by atomic mass is 16.5. The third-order valence-electron chi connectivity index (χ3n) is 4.94. The van der Waals surface area contributed by atoms with Gasteiger partial charge in [-0.05, 0) is 12.1 Å². The number of ether oxygens (including phenoxy) is 1. The molecule has 0 saturated carbocycles. The molecule has 0 aliphatic carbocycles. The van der Waals surface area contributed by atoms with E-state index in [4.69, 9.17) is 4.74 Å². The first-order valence-electron chi connectivity index (χ1n) is 7.42. The molecule has 1 aromatic rings. The quantitative estimate of drug-likeness (QED) is 0.766. The lowest BCUT2D eigenvalue weighted by Gasteiger charge is -2.31. The largest absolute Gasteiger partial charge is 0.351 e. The van der Waals surface area contributed by atoms with E-state index in [0.29, 0.717) is 43.7 Å². The fourth-order valence-corrected chi connectivity index (χ4v) is 3.96. The van der Waals surface area contributed by atoms with Crippen LogP contribution in [0, 0.1) is 11.3 Å². The summed E-state index contributed by atoms with van der Waals surface area (Å²) >= 11 is 0. The maximum absolute atomic E-state index is 12.9. The molecule has 3 fully saturated rings. The molecule has 22 heavy (non-hydrogen) atoms. The van der Waals surface area contributed by atoms with Crippen LogP contribution in [0.1, 0.15) is 28.8 Å². The Bertz CT molecular complexity index is 711.